The van der Waals surface area contributed by atoms with Crippen molar-refractivity contribution >= 4 is 24.7 Å². The summed E-state index contributed by atoms with van der Waals surface area (Å²) in [4.78, 5) is 24.6. The first kappa shape index (κ1) is 112. The van der Waals surface area contributed by atoms with Crippen molar-refractivity contribution in [3.63, 3.8) is 0 Å². The molecule has 18 heteroatoms. The van der Waals surface area contributed by atoms with Crippen LogP contribution in [0.4, 0.5) is 4.79 Å². The number of halogens is 1. The van der Waals surface area contributed by atoms with Crippen LogP contribution < -0.4 is 73.5 Å². The molecule has 0 saturated carbocycles. The van der Waals surface area contributed by atoms with Crippen LogP contribution in [0.2, 0.25) is 0 Å². The zero-order valence-electron chi connectivity index (χ0n) is 71.9. The largest absolute Gasteiger partial charge is 1.00 e. The van der Waals surface area contributed by atoms with E-state index in [0.29, 0.717) is 49.9 Å². The van der Waals surface area contributed by atoms with E-state index < -0.39 is 12.2 Å². The first-order valence-electron chi connectivity index (χ1n) is 40.1. The molecule has 628 valence electrons. The Morgan fingerprint density at radius 2 is 0.722 bits per heavy atom. The van der Waals surface area contributed by atoms with Crippen molar-refractivity contribution in [2.75, 3.05) is 52.5 Å². The first-order valence-corrected chi connectivity index (χ1v) is 40.1. The molecule has 0 bridgehead atoms. The maximum absolute atomic E-state index is 12.5. The summed E-state index contributed by atoms with van der Waals surface area (Å²) in [6, 6.07) is 82.6. The van der Waals surface area contributed by atoms with Gasteiger partial charge in [0.15, 0.2) is 0 Å². The Labute approximate surface area is 742 Å². The van der Waals surface area contributed by atoms with Crippen molar-refractivity contribution in [3.8, 4) is 6.07 Å². The SMILES string of the molecule is CC(C)CN(C[C@@H](O)[C@@H](C)Cc1ccccc1)C(=O)NC(C)(C)C.CC(C)CNC[C@@H](O)[C@@H](C)Cc1ccccc1.C[C@@H](Cc1ccccc1)C(O)C#N.C[C@@H](Cc1ccccc1)[C@H](O)CN.C[C@H](C=O)Cc1ccccc1.C[C@H](CO)Cc1ccccc1.C[C@H](CO)Cc1ccccc1.Cl.N[C@H](CO)Cc1ccccc1.[C-]#N.[K+]. The van der Waals surface area contributed by atoms with Crippen LogP contribution in [-0.4, -0.2) is 142 Å². The first-order chi connectivity index (χ1) is 53.9. The van der Waals surface area contributed by atoms with Crippen molar-refractivity contribution in [1.29, 1.82) is 10.5 Å². The van der Waals surface area contributed by atoms with Gasteiger partial charge in [0.2, 0.25) is 0 Å². The van der Waals surface area contributed by atoms with Gasteiger partial charge in [0.1, 0.15) is 12.4 Å². The molecule has 0 aliphatic heterocycles. The molecule has 0 aliphatic carbocycles. The summed E-state index contributed by atoms with van der Waals surface area (Å²) < 4.78 is 0. The zero-order chi connectivity index (χ0) is 84.8. The fraction of sp³-hybridized carbons (Fsp3) is 0.464. The standard InChI is InChI=1S/C20H34N2O2.C15H25NO.C11H17NO.C11H13NO.2C10H14O.C10H12O.C9H13NO.CN.ClH.K/c1-15(2)13-22(19(24)21-20(4,5)6)14-18(23)16(3)12-17-10-8-7-9-11-17;1-12(2)10-16-11-15(17)13(3)9-14-7-5-4-6-8-14;2*1-9(11(13)8-12)7-10-5-3-2-4-6-10;3*1-9(8-11)7-10-5-3-2-4-6-10;10-9(7-11)6-8-4-2-1-3-5-8;1-2;;/h7-11,15-16,18,23H,12-14H2,1-6H3,(H,21,24);4-8,12-13,15-17H,9-11H2,1-3H3;2-6,9,11,13H,7-8,12H2,1H3;2-6,9,11,13H,7H2,1H3;2*2-6,9,11H,7-8H2,1H3;2-6,8-9H,7H2,1H3;1-5,9,11H,6-7,10H2;;1H;/q;;;;;;;;-1;;+1/t16-,18+;13-,15+;9-,11+;9-,11?;4*9-;;;/m00000000.../s1. The third-order valence-corrected chi connectivity index (χ3v) is 17.8. The van der Waals surface area contributed by atoms with Gasteiger partial charge in [-0.15, -0.1) is 12.4 Å². The summed E-state index contributed by atoms with van der Waals surface area (Å²) in [5.74, 6) is 2.47. The number of amides is 2. The summed E-state index contributed by atoms with van der Waals surface area (Å²) in [6.45, 7) is 36.8. The molecular weight excluding hydrogens is 1480 g/mol. The number of carbonyl (C=O) groups excluding carboxylic acids is 2. The van der Waals surface area contributed by atoms with E-state index in [0.717, 1.165) is 69.8 Å². The molecule has 0 heterocycles. The molecule has 8 rings (SSSR count). The Kier molecular flexibility index (Phi) is 68.6. The minimum Gasteiger partial charge on any atom is -0.512 e. The minimum absolute atomic E-state index is 0. The molecule has 0 fully saturated rings. The van der Waals surface area contributed by atoms with Crippen LogP contribution >= 0.6 is 12.4 Å². The maximum atomic E-state index is 12.5. The molecule has 0 spiro atoms. The number of rotatable bonds is 33. The van der Waals surface area contributed by atoms with Crippen molar-refractivity contribution in [3.05, 3.63) is 294 Å². The zero-order valence-corrected chi connectivity index (χ0v) is 75.9. The van der Waals surface area contributed by atoms with E-state index in [-0.39, 0.29) is 143 Å². The summed E-state index contributed by atoms with van der Waals surface area (Å²) in [5.41, 5.74) is 20.6. The van der Waals surface area contributed by atoms with Gasteiger partial charge in [0.05, 0.1) is 31.0 Å². The number of nitrogens with zero attached hydrogens (tertiary/aromatic N) is 3. The fourth-order valence-electron chi connectivity index (χ4n) is 11.2. The number of nitrogens with one attached hydrogen (secondary N) is 2. The summed E-state index contributed by atoms with van der Waals surface area (Å²) in [7, 11) is 0. The monoisotopic (exact) mass is 1620 g/mol. The van der Waals surface area contributed by atoms with Crippen LogP contribution in [0.25, 0.3) is 0 Å². The van der Waals surface area contributed by atoms with Crippen LogP contribution in [0.3, 0.4) is 0 Å². The molecular formula is C97H143ClKN7O9. The number of hydrogen-bond donors (Lipinski definition) is 11. The van der Waals surface area contributed by atoms with E-state index in [9.17, 15) is 30.0 Å². The summed E-state index contributed by atoms with van der Waals surface area (Å²) in [6.07, 6.45) is 5.84. The second-order valence-electron chi connectivity index (χ2n) is 31.6. The molecule has 1 unspecified atom stereocenters. The van der Waals surface area contributed by atoms with E-state index in [4.69, 9.17) is 43.9 Å². The molecule has 8 aromatic rings. The predicted molar refractivity (Wildman–Crippen MR) is 474 cm³/mol. The smallest absolute Gasteiger partial charge is 0.512 e. The Morgan fingerprint density at radius 1 is 0.435 bits per heavy atom. The third-order valence-electron chi connectivity index (χ3n) is 17.8. The van der Waals surface area contributed by atoms with Gasteiger partial charge in [-0.3, -0.25) is 0 Å². The van der Waals surface area contributed by atoms with E-state index in [2.05, 4.69) is 106 Å². The van der Waals surface area contributed by atoms with Gasteiger partial charge in [0, 0.05) is 56.9 Å². The number of nitrogens with two attached hydrogens (primary N) is 2. The van der Waals surface area contributed by atoms with Crippen LogP contribution in [0, 0.1) is 76.4 Å². The van der Waals surface area contributed by atoms with E-state index in [1.807, 2.05) is 250 Å². The average Bonchev–Trinajstić information content (AvgIpc) is 0.865. The van der Waals surface area contributed by atoms with Gasteiger partial charge < -0.3 is 79.4 Å². The Hall–Kier alpha value is -6.79. The van der Waals surface area contributed by atoms with Gasteiger partial charge >= 0.3 is 57.4 Å². The molecule has 16 nitrogen and oxygen atoms in total. The second-order valence-corrected chi connectivity index (χ2v) is 31.6. The molecule has 0 saturated heterocycles. The number of urea groups is 1. The number of aliphatic hydroxyl groups is 7. The molecule has 0 aliphatic rings. The molecule has 0 radical (unpaired) electrons. The van der Waals surface area contributed by atoms with E-state index in [1.54, 1.807) is 4.90 Å². The van der Waals surface area contributed by atoms with E-state index >= 15 is 0 Å². The van der Waals surface area contributed by atoms with Gasteiger partial charge in [-0.25, -0.2) is 4.79 Å². The normalized spacial score (nSPS) is 13.5. The molecule has 115 heavy (non-hydrogen) atoms. The van der Waals surface area contributed by atoms with Crippen molar-refractivity contribution < 1.29 is 96.7 Å². The average molecular weight is 1630 g/mol. The van der Waals surface area contributed by atoms with Gasteiger partial charge in [0.25, 0.3) is 0 Å². The van der Waals surface area contributed by atoms with Crippen LogP contribution in [-0.2, 0) is 56.2 Å². The molecule has 8 aromatic carbocycles. The minimum atomic E-state index is -0.861. The number of nitriles is 1. The topological polar surface area (TPSA) is 303 Å². The predicted octanol–water partition coefficient (Wildman–Crippen LogP) is 12.9. The number of hydrogen-bond acceptors (Lipinski definition) is 14. The van der Waals surface area contributed by atoms with Crippen molar-refractivity contribution in [2.24, 2.45) is 64.7 Å². The van der Waals surface area contributed by atoms with Gasteiger partial charge in [-0.2, -0.15) is 5.26 Å². The quantitative estimate of drug-likeness (QED) is 0.00789. The number of aliphatic hydroxyl groups excluding tert-OH is 7. The van der Waals surface area contributed by atoms with Gasteiger partial charge in [-0.05, 0) is 171 Å². The van der Waals surface area contributed by atoms with Crippen molar-refractivity contribution in [2.45, 2.75) is 184 Å². The number of aldehydes is 1. The summed E-state index contributed by atoms with van der Waals surface area (Å²) in [5, 5.41) is 86.6. The third kappa shape index (κ3) is 60.4. The molecule has 2 amide bonds. The Bertz CT molecular complexity index is 3460. The molecule has 13 N–H and O–H groups in total. The van der Waals surface area contributed by atoms with Crippen molar-refractivity contribution in [1.82, 2.24) is 15.5 Å². The van der Waals surface area contributed by atoms with Gasteiger partial charge in [-0.1, -0.05) is 319 Å². The number of carbonyl (C=O) groups is 2. The fourth-order valence-corrected chi connectivity index (χ4v) is 11.2. The second kappa shape index (κ2) is 70.2. The van der Waals surface area contributed by atoms with Crippen LogP contribution in [0.15, 0.2) is 243 Å². The van der Waals surface area contributed by atoms with Crippen LogP contribution in [0.1, 0.15) is 141 Å². The summed E-state index contributed by atoms with van der Waals surface area (Å²) >= 11 is 0. The Morgan fingerprint density at radius 3 is 0.991 bits per heavy atom. The Balaban J connectivity index is -0.00000126. The molecule has 12 atom stereocenters. The van der Waals surface area contributed by atoms with E-state index in [1.165, 1.54) is 38.9 Å². The van der Waals surface area contributed by atoms with Crippen LogP contribution in [0.5, 0.6) is 0 Å². The number of benzene rings is 8. The molecule has 0 aromatic heterocycles. The maximum Gasteiger partial charge on any atom is 1.00 e.